The van der Waals surface area contributed by atoms with Crippen molar-refractivity contribution in [1.29, 1.82) is 0 Å². The van der Waals surface area contributed by atoms with Gasteiger partial charge in [0, 0.05) is 0 Å². The van der Waals surface area contributed by atoms with Crippen LogP contribution in [0.25, 0.3) is 0 Å². The Balaban J connectivity index is 2.26. The molecule has 0 saturated carbocycles. The molecule has 0 radical (unpaired) electrons. The van der Waals surface area contributed by atoms with Crippen molar-refractivity contribution < 1.29 is 14.2 Å². The first kappa shape index (κ1) is 12.3. The van der Waals surface area contributed by atoms with E-state index in [-0.39, 0.29) is 10.6 Å². The monoisotopic (exact) mass is 298 g/mol. The first-order chi connectivity index (χ1) is 8.01. The molecule has 17 heavy (non-hydrogen) atoms. The normalized spacial score (nSPS) is 27.2. The van der Waals surface area contributed by atoms with Gasteiger partial charge in [-0.3, -0.25) is 0 Å². The van der Waals surface area contributed by atoms with Crippen molar-refractivity contribution in [1.82, 2.24) is 0 Å². The Hall–Kier alpha value is -1.13. The van der Waals surface area contributed by atoms with Gasteiger partial charge >= 0.3 is 0 Å². The number of alkyl halides is 1. The smallest absolute Gasteiger partial charge is 0.244 e. The van der Waals surface area contributed by atoms with Crippen molar-refractivity contribution in [2.24, 2.45) is 0 Å². The van der Waals surface area contributed by atoms with Gasteiger partial charge in [0.05, 0.1) is 0 Å². The summed E-state index contributed by atoms with van der Waals surface area (Å²) in [6.45, 7) is 1.73. The number of ether oxygens (including phenoxy) is 1. The highest BCUT2D eigenvalue weighted by atomic mass is 79.9. The predicted molar refractivity (Wildman–Crippen MR) is 67.7 cm³/mol. The molecule has 2 nitrogen and oxygen atoms in total. The second-order valence-corrected chi connectivity index (χ2v) is 4.90. The summed E-state index contributed by atoms with van der Waals surface area (Å²) in [7, 11) is 0. The number of aliphatic hydroxyl groups is 1. The van der Waals surface area contributed by atoms with Gasteiger partial charge in [-0.2, -0.15) is 0 Å². The summed E-state index contributed by atoms with van der Waals surface area (Å²) in [5.74, 6) is -1.31. The molecule has 1 aromatic carbocycles. The lowest BCUT2D eigenvalue weighted by atomic mass is 10.1. The lowest BCUT2D eigenvalue weighted by Gasteiger charge is -2.31. The molecular formula is C13H12BrFO2. The summed E-state index contributed by atoms with van der Waals surface area (Å²) in [4.78, 5) is -0.343. The fraction of sp³-hybridized carbons (Fsp3) is 0.231. The van der Waals surface area contributed by atoms with E-state index in [0.717, 1.165) is 0 Å². The third-order valence-electron chi connectivity index (χ3n) is 2.53. The van der Waals surface area contributed by atoms with Crippen LogP contribution in [-0.2, 0) is 0 Å². The first-order valence-electron chi connectivity index (χ1n) is 5.19. The van der Waals surface area contributed by atoms with Gasteiger partial charge < -0.3 is 9.84 Å². The molecule has 0 bridgehead atoms. The summed E-state index contributed by atoms with van der Waals surface area (Å²) >= 11 is 3.32. The minimum atomic E-state index is -1.45. The van der Waals surface area contributed by atoms with Gasteiger partial charge in [0.15, 0.2) is 0 Å². The Morgan fingerprint density at radius 1 is 1.41 bits per heavy atom. The maximum Gasteiger partial charge on any atom is 0.244 e. The zero-order chi connectivity index (χ0) is 12.5. The van der Waals surface area contributed by atoms with Gasteiger partial charge in [-0.25, -0.2) is 4.39 Å². The van der Waals surface area contributed by atoms with Gasteiger partial charge in [0.2, 0.25) is 5.79 Å². The number of benzene rings is 1. The van der Waals surface area contributed by atoms with E-state index in [2.05, 4.69) is 15.9 Å². The van der Waals surface area contributed by atoms with E-state index < -0.39 is 5.79 Å². The van der Waals surface area contributed by atoms with E-state index in [4.69, 9.17) is 4.74 Å². The van der Waals surface area contributed by atoms with Gasteiger partial charge in [-0.05, 0) is 36.8 Å². The van der Waals surface area contributed by atoms with Crippen molar-refractivity contribution in [3.8, 4) is 5.75 Å². The summed E-state index contributed by atoms with van der Waals surface area (Å²) in [5, 5.41) is 10.3. The lowest BCUT2D eigenvalue weighted by molar-refractivity contribution is -0.0864. The van der Waals surface area contributed by atoms with Crippen molar-refractivity contribution in [3.05, 3.63) is 53.9 Å². The minimum Gasteiger partial charge on any atom is -0.457 e. The molecule has 0 aromatic heterocycles. The number of aryl methyl sites for hydroxylation is 1. The third-order valence-corrected chi connectivity index (χ3v) is 3.49. The Morgan fingerprint density at radius 2 is 2.18 bits per heavy atom. The molecule has 0 heterocycles. The molecule has 0 amide bonds. The van der Waals surface area contributed by atoms with Gasteiger partial charge in [0.25, 0.3) is 0 Å². The van der Waals surface area contributed by atoms with E-state index in [0.29, 0.717) is 11.3 Å². The quantitative estimate of drug-likeness (QED) is 0.672. The van der Waals surface area contributed by atoms with Crippen LogP contribution < -0.4 is 4.74 Å². The van der Waals surface area contributed by atoms with Crippen LogP contribution in [0, 0.1) is 12.7 Å². The summed E-state index contributed by atoms with van der Waals surface area (Å²) in [6.07, 6.45) is 6.85. The molecular weight excluding hydrogens is 287 g/mol. The molecule has 1 aromatic rings. The number of allylic oxidation sites excluding steroid dienone is 2. The highest BCUT2D eigenvalue weighted by Crippen LogP contribution is 2.30. The molecule has 90 valence electrons. The average molecular weight is 299 g/mol. The molecule has 2 rings (SSSR count). The average Bonchev–Trinajstić information content (AvgIpc) is 2.27. The van der Waals surface area contributed by atoms with E-state index in [1.165, 1.54) is 18.2 Å². The molecule has 2 unspecified atom stereocenters. The van der Waals surface area contributed by atoms with Crippen LogP contribution in [0.5, 0.6) is 5.75 Å². The van der Waals surface area contributed by atoms with E-state index in [9.17, 15) is 9.50 Å². The third kappa shape index (κ3) is 2.58. The number of hydrogen-bond donors (Lipinski definition) is 1. The van der Waals surface area contributed by atoms with E-state index >= 15 is 0 Å². The summed E-state index contributed by atoms with van der Waals surface area (Å²) in [5.41, 5.74) is 0.640. The van der Waals surface area contributed by atoms with Crippen molar-refractivity contribution in [2.45, 2.75) is 17.5 Å². The van der Waals surface area contributed by atoms with Crippen molar-refractivity contribution in [3.63, 3.8) is 0 Å². The summed E-state index contributed by atoms with van der Waals surface area (Å²) < 4.78 is 18.5. The van der Waals surface area contributed by atoms with Gasteiger partial charge in [0.1, 0.15) is 16.4 Å². The van der Waals surface area contributed by atoms with Crippen LogP contribution in [0.1, 0.15) is 5.56 Å². The predicted octanol–water partition coefficient (Wildman–Crippen LogP) is 3.09. The maximum atomic E-state index is 12.9. The van der Waals surface area contributed by atoms with Gasteiger partial charge in [-0.1, -0.05) is 34.2 Å². The second kappa shape index (κ2) is 4.63. The Morgan fingerprint density at radius 3 is 2.82 bits per heavy atom. The molecule has 0 aliphatic heterocycles. The number of rotatable bonds is 2. The molecule has 1 N–H and O–H groups in total. The first-order valence-corrected chi connectivity index (χ1v) is 6.10. The SMILES string of the molecule is Cc1cc(F)ccc1OC1(O)C=CC=CC1Br. The van der Waals surface area contributed by atoms with Crippen LogP contribution in [-0.4, -0.2) is 15.7 Å². The van der Waals surface area contributed by atoms with Crippen LogP contribution >= 0.6 is 15.9 Å². The van der Waals surface area contributed by atoms with Crippen LogP contribution in [0.3, 0.4) is 0 Å². The van der Waals surface area contributed by atoms with Crippen LogP contribution in [0.15, 0.2) is 42.5 Å². The topological polar surface area (TPSA) is 29.5 Å². The molecule has 1 aliphatic rings. The number of hydrogen-bond acceptors (Lipinski definition) is 2. The van der Waals surface area contributed by atoms with Crippen molar-refractivity contribution in [2.75, 3.05) is 0 Å². The highest BCUT2D eigenvalue weighted by molar-refractivity contribution is 9.09. The Bertz CT molecular complexity index is 484. The Kier molecular flexibility index (Phi) is 3.35. The zero-order valence-electron chi connectivity index (χ0n) is 9.23. The second-order valence-electron chi connectivity index (χ2n) is 3.91. The molecule has 0 fully saturated rings. The minimum absolute atomic E-state index is 0.323. The lowest BCUT2D eigenvalue weighted by Crippen LogP contribution is -2.43. The van der Waals surface area contributed by atoms with Gasteiger partial charge in [-0.15, -0.1) is 0 Å². The highest BCUT2D eigenvalue weighted by Gasteiger charge is 2.35. The molecule has 2 atom stereocenters. The zero-order valence-corrected chi connectivity index (χ0v) is 10.8. The maximum absolute atomic E-state index is 12.9. The molecule has 1 aliphatic carbocycles. The van der Waals surface area contributed by atoms with E-state index in [1.54, 1.807) is 25.2 Å². The Labute approximate surface area is 108 Å². The largest absolute Gasteiger partial charge is 0.457 e. The van der Waals surface area contributed by atoms with Crippen molar-refractivity contribution >= 4 is 15.9 Å². The van der Waals surface area contributed by atoms with Crippen LogP contribution in [0.2, 0.25) is 0 Å². The standard InChI is InChI=1S/C13H12BrFO2/c1-9-8-10(15)5-6-11(9)17-13(16)7-3-2-4-12(13)14/h2-8,12,16H,1H3. The molecule has 0 saturated heterocycles. The molecule has 0 spiro atoms. The molecule has 4 heteroatoms. The fourth-order valence-electron chi connectivity index (χ4n) is 1.58. The van der Waals surface area contributed by atoms with E-state index in [1.807, 2.05) is 6.08 Å². The summed E-state index contributed by atoms with van der Waals surface area (Å²) in [6, 6.07) is 4.18. The fourth-order valence-corrected chi connectivity index (χ4v) is 2.00. The van der Waals surface area contributed by atoms with Crippen LogP contribution in [0.4, 0.5) is 4.39 Å². The number of halogens is 2.